The van der Waals surface area contributed by atoms with E-state index in [1.165, 1.54) is 29.2 Å². The quantitative estimate of drug-likeness (QED) is 0.459. The standard InChI is InChI=1S/C20H14N4O3S2/c21-10-15-14(16-5-2-6-28-16)9-18(25)23-19(15)29-11-13-4-1-3-12(7-13)8-17-22-20(26)27-24-17/h1-7,9H,8,11H2,(H,23,25)(H,22,24,26). The summed E-state index contributed by atoms with van der Waals surface area (Å²) in [5.41, 5.74) is 2.86. The Hall–Kier alpha value is -3.35. The third-order valence-corrected chi connectivity index (χ3v) is 6.11. The molecule has 1 aromatic carbocycles. The van der Waals surface area contributed by atoms with Gasteiger partial charge in [-0.15, -0.1) is 23.1 Å². The lowest BCUT2D eigenvalue weighted by atomic mass is 10.1. The smallest absolute Gasteiger partial charge is 0.316 e. The maximum atomic E-state index is 12.1. The number of benzene rings is 1. The molecule has 0 spiro atoms. The van der Waals surface area contributed by atoms with E-state index in [9.17, 15) is 14.9 Å². The van der Waals surface area contributed by atoms with Crippen LogP contribution < -0.4 is 11.3 Å². The van der Waals surface area contributed by atoms with E-state index in [0.717, 1.165) is 16.0 Å². The van der Waals surface area contributed by atoms with Gasteiger partial charge in [0.05, 0.1) is 10.6 Å². The van der Waals surface area contributed by atoms with Gasteiger partial charge in [0, 0.05) is 28.7 Å². The lowest BCUT2D eigenvalue weighted by Gasteiger charge is -2.08. The first-order valence-electron chi connectivity index (χ1n) is 8.59. The minimum absolute atomic E-state index is 0.237. The van der Waals surface area contributed by atoms with Gasteiger partial charge in [-0.05, 0) is 22.6 Å². The molecular formula is C20H14N4O3S2. The van der Waals surface area contributed by atoms with E-state index in [0.29, 0.717) is 34.2 Å². The molecule has 0 bridgehead atoms. The summed E-state index contributed by atoms with van der Waals surface area (Å²) in [6.45, 7) is 0. The first-order chi connectivity index (χ1) is 14.1. The van der Waals surface area contributed by atoms with Crippen molar-refractivity contribution >= 4 is 23.1 Å². The third-order valence-electron chi connectivity index (χ3n) is 4.14. The van der Waals surface area contributed by atoms with Crippen LogP contribution in [0.4, 0.5) is 0 Å². The molecule has 9 heteroatoms. The molecule has 3 heterocycles. The molecule has 4 aromatic rings. The molecule has 0 aliphatic heterocycles. The van der Waals surface area contributed by atoms with Crippen molar-refractivity contribution in [1.29, 1.82) is 5.26 Å². The van der Waals surface area contributed by atoms with Crippen molar-refractivity contribution in [3.8, 4) is 16.5 Å². The van der Waals surface area contributed by atoms with Gasteiger partial charge in [-0.2, -0.15) is 5.26 Å². The second-order valence-corrected chi connectivity index (χ2v) is 8.10. The number of hydrogen-bond acceptors (Lipinski definition) is 7. The van der Waals surface area contributed by atoms with Gasteiger partial charge in [-0.1, -0.05) is 35.5 Å². The van der Waals surface area contributed by atoms with E-state index >= 15 is 0 Å². The van der Waals surface area contributed by atoms with Crippen LogP contribution in [0.5, 0.6) is 0 Å². The Bertz CT molecular complexity index is 1300. The van der Waals surface area contributed by atoms with Gasteiger partial charge in [0.1, 0.15) is 6.07 Å². The normalized spacial score (nSPS) is 10.7. The molecule has 0 unspecified atom stereocenters. The third kappa shape index (κ3) is 4.39. The SMILES string of the molecule is N#Cc1c(-c2cccs2)cc(=O)[nH]c1SCc1cccc(Cc2noc(=O)[nH]2)c1. The van der Waals surface area contributed by atoms with E-state index in [4.69, 9.17) is 0 Å². The lowest BCUT2D eigenvalue weighted by Crippen LogP contribution is -2.08. The number of nitrogens with zero attached hydrogens (tertiary/aromatic N) is 2. The Morgan fingerprint density at radius 2 is 2.00 bits per heavy atom. The van der Waals surface area contributed by atoms with Crippen LogP contribution in [0.3, 0.4) is 0 Å². The number of nitrogens with one attached hydrogen (secondary N) is 2. The van der Waals surface area contributed by atoms with Gasteiger partial charge in [0.2, 0.25) is 5.56 Å². The van der Waals surface area contributed by atoms with Crippen molar-refractivity contribution in [2.24, 2.45) is 0 Å². The predicted octanol–water partition coefficient (Wildman–Crippen LogP) is 3.53. The number of thioether (sulfide) groups is 1. The summed E-state index contributed by atoms with van der Waals surface area (Å²) < 4.78 is 4.52. The van der Waals surface area contributed by atoms with E-state index in [2.05, 4.69) is 25.7 Å². The Balaban J connectivity index is 1.56. The minimum Gasteiger partial charge on any atom is -0.316 e. The summed E-state index contributed by atoms with van der Waals surface area (Å²) in [6.07, 6.45) is 0.443. The molecule has 29 heavy (non-hydrogen) atoms. The van der Waals surface area contributed by atoms with Gasteiger partial charge in [0.25, 0.3) is 0 Å². The zero-order chi connectivity index (χ0) is 20.2. The number of nitriles is 1. The van der Waals surface area contributed by atoms with Crippen molar-refractivity contribution in [2.75, 3.05) is 0 Å². The van der Waals surface area contributed by atoms with E-state index in [1.807, 2.05) is 41.8 Å². The number of hydrogen-bond donors (Lipinski definition) is 2. The van der Waals surface area contributed by atoms with Crippen molar-refractivity contribution in [3.05, 3.63) is 91.3 Å². The average molecular weight is 422 g/mol. The summed E-state index contributed by atoms with van der Waals surface area (Å²) in [4.78, 5) is 29.4. The largest absolute Gasteiger partial charge is 0.438 e. The topological polar surface area (TPSA) is 116 Å². The molecule has 0 saturated heterocycles. The highest BCUT2D eigenvalue weighted by Crippen LogP contribution is 2.32. The summed E-state index contributed by atoms with van der Waals surface area (Å²) in [7, 11) is 0. The summed E-state index contributed by atoms with van der Waals surface area (Å²) in [6, 6.07) is 15.3. The second kappa shape index (κ2) is 8.34. The molecular weight excluding hydrogens is 408 g/mol. The molecule has 0 aliphatic rings. The molecule has 0 amide bonds. The minimum atomic E-state index is -0.578. The van der Waals surface area contributed by atoms with Gasteiger partial charge in [-0.25, -0.2) is 4.79 Å². The number of rotatable bonds is 6. The van der Waals surface area contributed by atoms with Gasteiger partial charge < -0.3 is 4.98 Å². The number of H-pyrrole nitrogens is 2. The van der Waals surface area contributed by atoms with E-state index < -0.39 is 5.76 Å². The number of thiophene rings is 1. The molecule has 4 rings (SSSR count). The maximum absolute atomic E-state index is 12.1. The van der Waals surface area contributed by atoms with Crippen LogP contribution in [-0.4, -0.2) is 15.1 Å². The number of aromatic amines is 2. The zero-order valence-corrected chi connectivity index (χ0v) is 16.6. The van der Waals surface area contributed by atoms with Gasteiger partial charge in [-0.3, -0.25) is 14.3 Å². The van der Waals surface area contributed by atoms with Gasteiger partial charge >= 0.3 is 5.76 Å². The number of aromatic nitrogens is 3. The fourth-order valence-electron chi connectivity index (χ4n) is 2.90. The van der Waals surface area contributed by atoms with Crippen molar-refractivity contribution < 1.29 is 4.52 Å². The van der Waals surface area contributed by atoms with E-state index in [1.54, 1.807) is 0 Å². The molecule has 0 radical (unpaired) electrons. The fraction of sp³-hybridized carbons (Fsp3) is 0.100. The molecule has 0 aliphatic carbocycles. The van der Waals surface area contributed by atoms with Gasteiger partial charge in [0.15, 0.2) is 5.82 Å². The molecule has 0 saturated carbocycles. The molecule has 0 atom stereocenters. The Morgan fingerprint density at radius 1 is 1.14 bits per heavy atom. The van der Waals surface area contributed by atoms with Crippen LogP contribution in [0.1, 0.15) is 22.5 Å². The Morgan fingerprint density at radius 3 is 2.72 bits per heavy atom. The molecule has 2 N–H and O–H groups in total. The van der Waals surface area contributed by atoms with Crippen LogP contribution in [-0.2, 0) is 12.2 Å². The predicted molar refractivity (Wildman–Crippen MR) is 111 cm³/mol. The van der Waals surface area contributed by atoms with Crippen LogP contribution in [0.25, 0.3) is 10.4 Å². The highest BCUT2D eigenvalue weighted by atomic mass is 32.2. The van der Waals surface area contributed by atoms with Crippen molar-refractivity contribution in [2.45, 2.75) is 17.2 Å². The van der Waals surface area contributed by atoms with Crippen LogP contribution in [0.15, 0.2) is 67.0 Å². The first-order valence-corrected chi connectivity index (χ1v) is 10.5. The highest BCUT2D eigenvalue weighted by Gasteiger charge is 2.14. The fourth-order valence-corrected chi connectivity index (χ4v) is 4.61. The highest BCUT2D eigenvalue weighted by molar-refractivity contribution is 7.98. The maximum Gasteiger partial charge on any atom is 0.438 e. The zero-order valence-electron chi connectivity index (χ0n) is 15.0. The van der Waals surface area contributed by atoms with Crippen LogP contribution >= 0.6 is 23.1 Å². The second-order valence-electron chi connectivity index (χ2n) is 6.17. The summed E-state index contributed by atoms with van der Waals surface area (Å²) in [5, 5.41) is 15.8. The average Bonchev–Trinajstić information content (AvgIpc) is 3.38. The molecule has 0 fully saturated rings. The Labute approximate surface area is 173 Å². The molecule has 3 aromatic heterocycles. The lowest BCUT2D eigenvalue weighted by molar-refractivity contribution is 0.382. The van der Waals surface area contributed by atoms with Crippen molar-refractivity contribution in [3.63, 3.8) is 0 Å². The summed E-state index contributed by atoms with van der Waals surface area (Å²) in [5.74, 6) is 0.451. The van der Waals surface area contributed by atoms with Crippen molar-refractivity contribution in [1.82, 2.24) is 15.1 Å². The van der Waals surface area contributed by atoms with Crippen LogP contribution in [0.2, 0.25) is 0 Å². The summed E-state index contributed by atoms with van der Waals surface area (Å²) >= 11 is 2.89. The number of pyridine rings is 1. The Kier molecular flexibility index (Phi) is 5.46. The molecule has 144 valence electrons. The monoisotopic (exact) mass is 422 g/mol. The molecule has 7 nitrogen and oxygen atoms in total. The van der Waals surface area contributed by atoms with E-state index in [-0.39, 0.29) is 5.56 Å². The first kappa shape index (κ1) is 19.0. The van der Waals surface area contributed by atoms with Crippen LogP contribution in [0, 0.1) is 11.3 Å².